The summed E-state index contributed by atoms with van der Waals surface area (Å²) in [5.41, 5.74) is 0. The summed E-state index contributed by atoms with van der Waals surface area (Å²) in [7, 11) is 0. The van der Waals surface area contributed by atoms with E-state index >= 15 is 0 Å². The van der Waals surface area contributed by atoms with E-state index in [1.807, 2.05) is 42.9 Å². The van der Waals surface area contributed by atoms with Gasteiger partial charge in [0, 0.05) is 6.42 Å². The van der Waals surface area contributed by atoms with Gasteiger partial charge in [0.15, 0.2) is 0 Å². The molecule has 0 saturated heterocycles. The standard InChI is InChI=1S/2C5H5.2ClH.Zr/c2*1-2-4-5-3-1;;;/h1-3H,4H2;1-5H;2*1H;/q;;;;+2/p-2. The number of rotatable bonds is 0. The van der Waals surface area contributed by atoms with Crippen molar-refractivity contribution >= 4 is 0 Å². The van der Waals surface area contributed by atoms with Crippen LogP contribution in [0.25, 0.3) is 0 Å². The Morgan fingerprint density at radius 3 is 1.62 bits per heavy atom. The van der Waals surface area contributed by atoms with Crippen molar-refractivity contribution in [3.05, 3.63) is 55.0 Å². The third-order valence-corrected chi connectivity index (χ3v) is 1.14. The van der Waals surface area contributed by atoms with Crippen molar-refractivity contribution in [2.75, 3.05) is 0 Å². The largest absolute Gasteiger partial charge is 2.00 e. The molecule has 0 aliphatic heterocycles. The first-order valence-corrected chi connectivity index (χ1v) is 3.38. The van der Waals surface area contributed by atoms with E-state index in [9.17, 15) is 0 Å². The monoisotopic (exact) mass is 290 g/mol. The molecule has 2 radical (unpaired) electrons. The molecule has 0 aromatic heterocycles. The van der Waals surface area contributed by atoms with Gasteiger partial charge in [-0.05, 0) is 12.5 Å². The van der Waals surface area contributed by atoms with Crippen molar-refractivity contribution in [3.8, 4) is 0 Å². The van der Waals surface area contributed by atoms with Crippen molar-refractivity contribution in [1.29, 1.82) is 0 Å². The van der Waals surface area contributed by atoms with Crippen LogP contribution in [0.15, 0.2) is 42.5 Å². The van der Waals surface area contributed by atoms with E-state index in [1.165, 1.54) is 0 Å². The van der Waals surface area contributed by atoms with Gasteiger partial charge in [-0.15, -0.1) is 0 Å². The summed E-state index contributed by atoms with van der Waals surface area (Å²) in [6.45, 7) is 0. The minimum absolute atomic E-state index is 0. The van der Waals surface area contributed by atoms with Crippen molar-refractivity contribution in [2.45, 2.75) is 6.42 Å². The molecule has 0 nitrogen and oxygen atoms in total. The molecular weight excluding hydrogens is 282 g/mol. The van der Waals surface area contributed by atoms with Gasteiger partial charge in [0.05, 0.1) is 0 Å². The van der Waals surface area contributed by atoms with E-state index in [1.54, 1.807) is 0 Å². The van der Waals surface area contributed by atoms with Crippen LogP contribution in [0.2, 0.25) is 0 Å². The molecule has 68 valence electrons. The van der Waals surface area contributed by atoms with E-state index in [4.69, 9.17) is 0 Å². The molecule has 0 N–H and O–H groups in total. The molecule has 0 heterocycles. The van der Waals surface area contributed by atoms with Crippen LogP contribution in [0.1, 0.15) is 6.42 Å². The Morgan fingerprint density at radius 2 is 1.46 bits per heavy atom. The summed E-state index contributed by atoms with van der Waals surface area (Å²) in [5.74, 6) is 0. The Morgan fingerprint density at radius 1 is 0.846 bits per heavy atom. The maximum atomic E-state index is 2.99. The van der Waals surface area contributed by atoms with Gasteiger partial charge in [-0.25, -0.2) is 0 Å². The zero-order valence-electron chi connectivity index (χ0n) is 7.08. The minimum Gasteiger partial charge on any atom is -1.00 e. The number of hydrogen-bond acceptors (Lipinski definition) is 0. The number of allylic oxidation sites excluding steroid dienone is 8. The van der Waals surface area contributed by atoms with E-state index in [-0.39, 0.29) is 51.0 Å². The van der Waals surface area contributed by atoms with Crippen molar-refractivity contribution in [1.82, 2.24) is 0 Å². The van der Waals surface area contributed by atoms with Gasteiger partial charge < -0.3 is 24.8 Å². The quantitative estimate of drug-likeness (QED) is 0.437. The molecule has 0 atom stereocenters. The Bertz CT molecular complexity index is 151. The van der Waals surface area contributed by atoms with Crippen LogP contribution in [0.3, 0.4) is 0 Å². The van der Waals surface area contributed by atoms with Crippen LogP contribution in [-0.2, 0) is 26.2 Å². The van der Waals surface area contributed by atoms with Crippen LogP contribution >= 0.6 is 0 Å². The van der Waals surface area contributed by atoms with Crippen molar-refractivity contribution < 1.29 is 51.0 Å². The zero-order valence-corrected chi connectivity index (χ0v) is 11.1. The van der Waals surface area contributed by atoms with E-state index in [2.05, 4.69) is 12.2 Å². The molecule has 0 spiro atoms. The molecule has 0 aromatic rings. The summed E-state index contributed by atoms with van der Waals surface area (Å²) in [6, 6.07) is 0. The second-order valence-corrected chi connectivity index (χ2v) is 1.97. The minimum atomic E-state index is 0. The van der Waals surface area contributed by atoms with Gasteiger partial charge >= 0.3 is 26.2 Å². The summed E-state index contributed by atoms with van der Waals surface area (Å²) in [6.07, 6.45) is 20.0. The van der Waals surface area contributed by atoms with Crippen molar-refractivity contribution in [3.63, 3.8) is 0 Å². The number of halogens is 2. The molecule has 0 bridgehead atoms. The predicted molar refractivity (Wildman–Crippen MR) is 44.2 cm³/mol. The topological polar surface area (TPSA) is 0 Å². The van der Waals surface area contributed by atoms with E-state index in [0.29, 0.717) is 0 Å². The van der Waals surface area contributed by atoms with E-state index < -0.39 is 0 Å². The van der Waals surface area contributed by atoms with Gasteiger partial charge in [0.1, 0.15) is 0 Å². The summed E-state index contributed by atoms with van der Waals surface area (Å²) < 4.78 is 0. The average Bonchev–Trinajstić information content (AvgIpc) is 2.67. The zero-order chi connectivity index (χ0) is 7.07. The Kier molecular flexibility index (Phi) is 21.9. The average molecular weight is 292 g/mol. The molecule has 0 unspecified atom stereocenters. The van der Waals surface area contributed by atoms with Crippen LogP contribution in [-0.4, -0.2) is 0 Å². The SMILES string of the molecule is [CH]1C=CC=C1.[C]1=CC=CC1.[Cl-].[Cl-].[Zr+2]. The molecule has 3 heteroatoms. The fourth-order valence-corrected chi connectivity index (χ4v) is 0.661. The fraction of sp³-hybridized carbons (Fsp3) is 0.100. The van der Waals surface area contributed by atoms with Crippen LogP contribution in [0.4, 0.5) is 0 Å². The van der Waals surface area contributed by atoms with E-state index in [0.717, 1.165) is 6.42 Å². The molecule has 2 aliphatic rings. The molecular formula is C10H10Cl2Zr. The van der Waals surface area contributed by atoms with Gasteiger partial charge in [0.2, 0.25) is 0 Å². The maximum absolute atomic E-state index is 2.99. The van der Waals surface area contributed by atoms with Gasteiger partial charge in [-0.3, -0.25) is 0 Å². The molecule has 13 heavy (non-hydrogen) atoms. The third kappa shape index (κ3) is 12.4. The second kappa shape index (κ2) is 14.9. The first kappa shape index (κ1) is 19.1. The Hall–Kier alpha value is 0.423. The maximum Gasteiger partial charge on any atom is 2.00 e. The predicted octanol–water partition coefficient (Wildman–Crippen LogP) is -3.37. The normalized spacial score (nSPS) is 13.5. The van der Waals surface area contributed by atoms with Crippen molar-refractivity contribution in [2.24, 2.45) is 0 Å². The molecule has 2 rings (SSSR count). The van der Waals surface area contributed by atoms with Gasteiger partial charge in [0.25, 0.3) is 0 Å². The first-order valence-electron chi connectivity index (χ1n) is 3.38. The third-order valence-electron chi connectivity index (χ3n) is 1.14. The number of hydrogen-bond donors (Lipinski definition) is 0. The smallest absolute Gasteiger partial charge is 1.00 e. The molecule has 0 amide bonds. The summed E-state index contributed by atoms with van der Waals surface area (Å²) >= 11 is 0. The molecule has 0 fully saturated rings. The first-order chi connectivity index (χ1) is 5.00. The summed E-state index contributed by atoms with van der Waals surface area (Å²) in [5, 5.41) is 0. The van der Waals surface area contributed by atoms with Crippen LogP contribution < -0.4 is 24.8 Å². The Balaban J connectivity index is -0.000000125. The van der Waals surface area contributed by atoms with Crippen LogP contribution in [0.5, 0.6) is 0 Å². The molecule has 0 saturated carbocycles. The second-order valence-electron chi connectivity index (χ2n) is 1.97. The van der Waals surface area contributed by atoms with Gasteiger partial charge in [-0.2, -0.15) is 0 Å². The van der Waals surface area contributed by atoms with Gasteiger partial charge in [-0.1, -0.05) is 42.5 Å². The van der Waals surface area contributed by atoms with Crippen LogP contribution in [0, 0.1) is 12.5 Å². The summed E-state index contributed by atoms with van der Waals surface area (Å²) in [4.78, 5) is 0. The molecule has 2 aliphatic carbocycles. The Labute approximate surface area is 112 Å². The fourth-order valence-electron chi connectivity index (χ4n) is 0.661. The molecule has 0 aromatic carbocycles.